The Bertz CT molecular complexity index is 536. The molecule has 0 amide bonds. The zero-order valence-electron chi connectivity index (χ0n) is 20.2. The van der Waals surface area contributed by atoms with Crippen molar-refractivity contribution in [1.82, 2.24) is 0 Å². The average Bonchev–Trinajstić information content (AvgIpc) is 2.77. The third kappa shape index (κ3) is 14.5. The molecule has 4 nitrogen and oxygen atoms in total. The van der Waals surface area contributed by atoms with E-state index in [1.807, 2.05) is 0 Å². The quantitative estimate of drug-likeness (QED) is 0.173. The molecule has 0 radical (unpaired) electrons. The average molecular weight is 434 g/mol. The summed E-state index contributed by atoms with van der Waals surface area (Å²) in [5.41, 5.74) is 0.436. The van der Waals surface area contributed by atoms with Crippen LogP contribution in [-0.4, -0.2) is 30.4 Å². The third-order valence-corrected chi connectivity index (χ3v) is 5.78. The maximum absolute atomic E-state index is 9.48. The topological polar surface area (TPSA) is 58.9 Å². The molecule has 0 aliphatic carbocycles. The normalized spacial score (nSPS) is 11.0. The van der Waals surface area contributed by atoms with E-state index in [0.29, 0.717) is 30.2 Å². The third-order valence-electron chi connectivity index (χ3n) is 5.78. The lowest BCUT2D eigenvalue weighted by Crippen LogP contribution is -2.29. The maximum Gasteiger partial charge on any atom is 0.488 e. The molecule has 0 unspecified atom stereocenters. The van der Waals surface area contributed by atoms with Gasteiger partial charge in [0.2, 0.25) is 0 Å². The van der Waals surface area contributed by atoms with Gasteiger partial charge in [-0.2, -0.15) is 0 Å². The molecular formula is C26H47BO4. The van der Waals surface area contributed by atoms with Crippen LogP contribution in [0.4, 0.5) is 0 Å². The first kappa shape index (κ1) is 27.8. The smallest absolute Gasteiger partial charge is 0.488 e. The lowest BCUT2D eigenvalue weighted by Gasteiger charge is -2.14. The summed E-state index contributed by atoms with van der Waals surface area (Å²) >= 11 is 0. The number of hydrogen-bond acceptors (Lipinski definition) is 4. The van der Waals surface area contributed by atoms with Crippen LogP contribution in [0.1, 0.15) is 117 Å². The van der Waals surface area contributed by atoms with Gasteiger partial charge in [-0.3, -0.25) is 0 Å². The molecule has 2 N–H and O–H groups in total. The van der Waals surface area contributed by atoms with Gasteiger partial charge in [0.25, 0.3) is 0 Å². The van der Waals surface area contributed by atoms with Gasteiger partial charge in [0, 0.05) is 0 Å². The van der Waals surface area contributed by atoms with E-state index in [2.05, 4.69) is 13.8 Å². The summed E-state index contributed by atoms with van der Waals surface area (Å²) in [5, 5.41) is 19.0. The Morgan fingerprint density at radius 2 is 1.00 bits per heavy atom. The molecule has 1 aromatic carbocycles. The highest BCUT2D eigenvalue weighted by molar-refractivity contribution is 6.58. The largest absolute Gasteiger partial charge is 0.490 e. The number of rotatable bonds is 21. The first-order valence-electron chi connectivity index (χ1n) is 12.9. The van der Waals surface area contributed by atoms with Crippen molar-refractivity contribution in [3.05, 3.63) is 18.2 Å². The van der Waals surface area contributed by atoms with Crippen molar-refractivity contribution in [3.8, 4) is 11.5 Å². The zero-order valence-corrected chi connectivity index (χ0v) is 20.2. The molecule has 1 rings (SSSR count). The van der Waals surface area contributed by atoms with Gasteiger partial charge in [0.1, 0.15) is 0 Å². The molecule has 0 atom stereocenters. The lowest BCUT2D eigenvalue weighted by molar-refractivity contribution is 0.258. The highest BCUT2D eigenvalue weighted by Crippen LogP contribution is 2.26. The van der Waals surface area contributed by atoms with Crippen LogP contribution in [0, 0.1) is 0 Å². The first-order valence-corrected chi connectivity index (χ1v) is 12.9. The van der Waals surface area contributed by atoms with E-state index in [4.69, 9.17) is 9.47 Å². The van der Waals surface area contributed by atoms with Crippen molar-refractivity contribution in [2.45, 2.75) is 117 Å². The minimum atomic E-state index is -1.49. The summed E-state index contributed by atoms with van der Waals surface area (Å²) in [5.74, 6) is 1.32. The SMILES string of the molecule is CCCCCCCCCCOc1ccc(B(O)O)cc1OCCCCCCCCCC. The fourth-order valence-electron chi connectivity index (χ4n) is 3.75. The summed E-state index contributed by atoms with van der Waals surface area (Å²) in [7, 11) is -1.49. The second-order valence-electron chi connectivity index (χ2n) is 8.73. The Morgan fingerprint density at radius 3 is 1.45 bits per heavy atom. The van der Waals surface area contributed by atoms with E-state index < -0.39 is 7.12 Å². The fraction of sp³-hybridized carbons (Fsp3) is 0.769. The molecule has 1 aromatic rings. The molecule has 0 aromatic heterocycles. The van der Waals surface area contributed by atoms with Gasteiger partial charge in [0.05, 0.1) is 13.2 Å². The summed E-state index contributed by atoms with van der Waals surface area (Å²) in [4.78, 5) is 0. The van der Waals surface area contributed by atoms with Gasteiger partial charge in [-0.25, -0.2) is 0 Å². The second-order valence-corrected chi connectivity index (χ2v) is 8.73. The van der Waals surface area contributed by atoms with Crippen LogP contribution in [0.3, 0.4) is 0 Å². The van der Waals surface area contributed by atoms with Crippen molar-refractivity contribution in [3.63, 3.8) is 0 Å². The molecule has 0 spiro atoms. The molecule has 0 heterocycles. The van der Waals surface area contributed by atoms with Crippen molar-refractivity contribution in [2.24, 2.45) is 0 Å². The summed E-state index contributed by atoms with van der Waals surface area (Å²) in [6, 6.07) is 5.18. The highest BCUT2D eigenvalue weighted by Gasteiger charge is 2.15. The molecule has 31 heavy (non-hydrogen) atoms. The predicted octanol–water partition coefficient (Wildman–Crippen LogP) is 6.41. The van der Waals surface area contributed by atoms with Crippen molar-refractivity contribution in [2.75, 3.05) is 13.2 Å². The van der Waals surface area contributed by atoms with Crippen LogP contribution >= 0.6 is 0 Å². The lowest BCUT2D eigenvalue weighted by atomic mass is 9.80. The maximum atomic E-state index is 9.48. The first-order chi connectivity index (χ1) is 15.2. The van der Waals surface area contributed by atoms with Crippen LogP contribution in [0.2, 0.25) is 0 Å². The zero-order chi connectivity index (χ0) is 22.6. The van der Waals surface area contributed by atoms with Crippen molar-refractivity contribution >= 4 is 12.6 Å². The Kier molecular flexibility index (Phi) is 17.5. The summed E-state index contributed by atoms with van der Waals surface area (Å²) in [6.45, 7) is 5.80. The molecule has 0 bridgehead atoms. The molecule has 178 valence electrons. The molecule has 0 aliphatic heterocycles. The predicted molar refractivity (Wildman–Crippen MR) is 132 cm³/mol. The van der Waals surface area contributed by atoms with E-state index in [1.165, 1.54) is 89.9 Å². The standard InChI is InChI=1S/C26H47BO4/c1-3-5-7-9-11-13-15-17-21-30-25-20-19-24(27(28)29)23-26(25)31-22-18-16-14-12-10-8-6-4-2/h19-20,23,28-29H,3-18,21-22H2,1-2H3. The van der Waals surface area contributed by atoms with Gasteiger partial charge in [-0.15, -0.1) is 0 Å². The van der Waals surface area contributed by atoms with Crippen molar-refractivity contribution in [1.29, 1.82) is 0 Å². The van der Waals surface area contributed by atoms with E-state index >= 15 is 0 Å². The monoisotopic (exact) mass is 434 g/mol. The minimum Gasteiger partial charge on any atom is -0.490 e. The van der Waals surface area contributed by atoms with Crippen LogP contribution in [0.5, 0.6) is 11.5 Å². The minimum absolute atomic E-state index is 0.436. The molecule has 0 fully saturated rings. The molecule has 0 saturated heterocycles. The number of unbranched alkanes of at least 4 members (excludes halogenated alkanes) is 14. The second kappa shape index (κ2) is 19.5. The fourth-order valence-corrected chi connectivity index (χ4v) is 3.75. The Hall–Kier alpha value is -1.20. The van der Waals surface area contributed by atoms with Gasteiger partial charge < -0.3 is 19.5 Å². The van der Waals surface area contributed by atoms with E-state index in [0.717, 1.165) is 12.8 Å². The van der Waals surface area contributed by atoms with Gasteiger partial charge in [0.15, 0.2) is 11.5 Å². The van der Waals surface area contributed by atoms with E-state index in [-0.39, 0.29) is 0 Å². The van der Waals surface area contributed by atoms with Gasteiger partial charge >= 0.3 is 7.12 Å². The summed E-state index contributed by atoms with van der Waals surface area (Å²) in [6.07, 6.45) is 20.2. The molecule has 0 aliphatic rings. The highest BCUT2D eigenvalue weighted by atomic mass is 16.5. The molecule has 5 heteroatoms. The Morgan fingerprint density at radius 1 is 0.581 bits per heavy atom. The number of ether oxygens (including phenoxy) is 2. The van der Waals surface area contributed by atoms with E-state index in [1.54, 1.807) is 18.2 Å². The Labute approximate surface area is 191 Å². The number of hydrogen-bond donors (Lipinski definition) is 2. The van der Waals surface area contributed by atoms with E-state index in [9.17, 15) is 10.0 Å². The van der Waals surface area contributed by atoms with Crippen LogP contribution in [0.25, 0.3) is 0 Å². The van der Waals surface area contributed by atoms with Crippen LogP contribution < -0.4 is 14.9 Å². The molecule has 0 saturated carbocycles. The van der Waals surface area contributed by atoms with Gasteiger partial charge in [-0.05, 0) is 30.4 Å². The van der Waals surface area contributed by atoms with Crippen LogP contribution in [0.15, 0.2) is 18.2 Å². The van der Waals surface area contributed by atoms with Gasteiger partial charge in [-0.1, -0.05) is 110 Å². The Balaban J connectivity index is 2.29. The summed E-state index contributed by atoms with van der Waals surface area (Å²) < 4.78 is 11.9. The van der Waals surface area contributed by atoms with Crippen LogP contribution in [-0.2, 0) is 0 Å². The van der Waals surface area contributed by atoms with Crippen molar-refractivity contribution < 1.29 is 19.5 Å². The molecular weight excluding hydrogens is 387 g/mol. The number of benzene rings is 1.